The average Bonchev–Trinajstić information content (AvgIpc) is 2.11. The van der Waals surface area contributed by atoms with Crippen molar-refractivity contribution in [1.82, 2.24) is 5.32 Å². The minimum absolute atomic E-state index is 0.153. The fourth-order valence-corrected chi connectivity index (χ4v) is 0.771. The van der Waals surface area contributed by atoms with Crippen molar-refractivity contribution in [2.45, 2.75) is 20.3 Å². The van der Waals surface area contributed by atoms with E-state index in [9.17, 15) is 0 Å². The Morgan fingerprint density at radius 3 is 2.54 bits per heavy atom. The molecule has 0 spiro atoms. The maximum Gasteiger partial charge on any atom is 0.129 e. The number of hydrogen-bond donors (Lipinski definition) is 3. The maximum atomic E-state index is 8.56. The Morgan fingerprint density at radius 2 is 2.15 bits per heavy atom. The highest BCUT2D eigenvalue weighted by atomic mass is 16.3. The molecule has 0 bridgehead atoms. The maximum absolute atomic E-state index is 8.56. The van der Waals surface area contributed by atoms with E-state index in [-0.39, 0.29) is 6.61 Å². The Labute approximate surface area is 78.9 Å². The van der Waals surface area contributed by atoms with Gasteiger partial charge in [-0.2, -0.15) is 0 Å². The Kier molecular flexibility index (Phi) is 5.80. The molecular weight excluding hydrogens is 166 g/mol. The average molecular weight is 183 g/mol. The Morgan fingerprint density at radius 1 is 1.54 bits per heavy atom. The lowest BCUT2D eigenvalue weighted by molar-refractivity contribution is 0.288. The zero-order valence-electron chi connectivity index (χ0n) is 8.22. The summed E-state index contributed by atoms with van der Waals surface area (Å²) in [5.74, 6) is 0.626. The minimum Gasteiger partial charge on any atom is -0.396 e. The molecule has 0 aromatic rings. The van der Waals surface area contributed by atoms with Crippen LogP contribution in [0.15, 0.2) is 16.4 Å². The van der Waals surface area contributed by atoms with E-state index < -0.39 is 0 Å². The van der Waals surface area contributed by atoms with Gasteiger partial charge in [-0.25, -0.2) is 4.99 Å². The summed E-state index contributed by atoms with van der Waals surface area (Å²) in [6.07, 6.45) is 0.670. The molecular formula is C9H17N3O. The highest BCUT2D eigenvalue weighted by Crippen LogP contribution is 2.02. The Hall–Kier alpha value is -1.16. The van der Waals surface area contributed by atoms with Crippen LogP contribution in [0, 0.1) is 5.41 Å². The SMILES string of the molecule is C=N/C(NCCCO)=C(/C)C(C)=N. The van der Waals surface area contributed by atoms with E-state index in [1.165, 1.54) is 0 Å². The van der Waals surface area contributed by atoms with Crippen molar-refractivity contribution in [3.05, 3.63) is 11.4 Å². The third-order valence-corrected chi connectivity index (χ3v) is 1.70. The minimum atomic E-state index is 0.153. The Balaban J connectivity index is 4.24. The van der Waals surface area contributed by atoms with Crippen LogP contribution in [-0.4, -0.2) is 30.7 Å². The fourth-order valence-electron chi connectivity index (χ4n) is 0.771. The topological polar surface area (TPSA) is 68.5 Å². The van der Waals surface area contributed by atoms with Crippen LogP contribution >= 0.6 is 0 Å². The summed E-state index contributed by atoms with van der Waals surface area (Å²) in [5.41, 5.74) is 1.26. The number of hydrogen-bond acceptors (Lipinski definition) is 4. The van der Waals surface area contributed by atoms with Crippen LogP contribution in [0.1, 0.15) is 20.3 Å². The number of aliphatic imine (C=N–C) groups is 1. The number of allylic oxidation sites excluding steroid dienone is 1. The fraction of sp³-hybridized carbons (Fsp3) is 0.556. The molecule has 0 rings (SSSR count). The third kappa shape index (κ3) is 4.42. The molecule has 0 aliphatic carbocycles. The van der Waals surface area contributed by atoms with Gasteiger partial charge in [-0.3, -0.25) is 0 Å². The van der Waals surface area contributed by atoms with Gasteiger partial charge in [0, 0.05) is 24.4 Å². The van der Waals surface area contributed by atoms with Crippen LogP contribution < -0.4 is 5.32 Å². The van der Waals surface area contributed by atoms with Crippen LogP contribution in [0.5, 0.6) is 0 Å². The van der Waals surface area contributed by atoms with E-state index in [0.29, 0.717) is 24.5 Å². The lowest BCUT2D eigenvalue weighted by Gasteiger charge is -2.08. The molecule has 3 N–H and O–H groups in total. The zero-order valence-corrected chi connectivity index (χ0v) is 8.22. The molecule has 0 aliphatic heterocycles. The van der Waals surface area contributed by atoms with E-state index in [1.807, 2.05) is 6.92 Å². The number of nitrogens with one attached hydrogen (secondary N) is 2. The summed E-state index contributed by atoms with van der Waals surface area (Å²) in [6, 6.07) is 0. The van der Waals surface area contributed by atoms with Crippen molar-refractivity contribution in [1.29, 1.82) is 5.41 Å². The van der Waals surface area contributed by atoms with Gasteiger partial charge >= 0.3 is 0 Å². The van der Waals surface area contributed by atoms with Crippen molar-refractivity contribution < 1.29 is 5.11 Å². The van der Waals surface area contributed by atoms with Gasteiger partial charge in [0.2, 0.25) is 0 Å². The first-order valence-corrected chi connectivity index (χ1v) is 4.21. The van der Waals surface area contributed by atoms with Crippen molar-refractivity contribution in [3.63, 3.8) is 0 Å². The summed E-state index contributed by atoms with van der Waals surface area (Å²) >= 11 is 0. The van der Waals surface area contributed by atoms with Gasteiger partial charge in [-0.1, -0.05) is 0 Å². The van der Waals surface area contributed by atoms with Crippen LogP contribution in [0.25, 0.3) is 0 Å². The molecule has 0 amide bonds. The van der Waals surface area contributed by atoms with E-state index in [1.54, 1.807) is 6.92 Å². The molecule has 4 heteroatoms. The van der Waals surface area contributed by atoms with Crippen molar-refractivity contribution >= 4 is 12.4 Å². The van der Waals surface area contributed by atoms with E-state index in [2.05, 4.69) is 17.0 Å². The molecule has 4 nitrogen and oxygen atoms in total. The summed E-state index contributed by atoms with van der Waals surface area (Å²) in [7, 11) is 0. The highest BCUT2D eigenvalue weighted by molar-refractivity contribution is 5.95. The van der Waals surface area contributed by atoms with Crippen LogP contribution in [0.4, 0.5) is 0 Å². The lowest BCUT2D eigenvalue weighted by Crippen LogP contribution is -2.17. The zero-order chi connectivity index (χ0) is 10.3. The van der Waals surface area contributed by atoms with E-state index >= 15 is 0 Å². The molecule has 0 radical (unpaired) electrons. The van der Waals surface area contributed by atoms with Gasteiger partial charge in [0.15, 0.2) is 0 Å². The summed E-state index contributed by atoms with van der Waals surface area (Å²) in [4.78, 5) is 3.78. The lowest BCUT2D eigenvalue weighted by atomic mass is 10.2. The molecule has 0 saturated heterocycles. The number of rotatable bonds is 6. The van der Waals surface area contributed by atoms with E-state index in [0.717, 1.165) is 5.57 Å². The second kappa shape index (κ2) is 6.37. The predicted octanol–water partition coefficient (Wildman–Crippen LogP) is 0.930. The second-order valence-electron chi connectivity index (χ2n) is 2.76. The molecule has 0 saturated carbocycles. The number of aliphatic hydroxyl groups excluding tert-OH is 1. The quantitative estimate of drug-likeness (QED) is 0.423. The second-order valence-corrected chi connectivity index (χ2v) is 2.76. The third-order valence-electron chi connectivity index (χ3n) is 1.70. The standard InChI is InChI=1S/C9H17N3O/c1-7(8(2)10)9(11-3)12-5-4-6-13/h10,12-13H,3-6H2,1-2H3/b9-7+,10-8?. The van der Waals surface area contributed by atoms with Crippen LogP contribution in [-0.2, 0) is 0 Å². The Bertz CT molecular complexity index is 221. The molecule has 0 aliphatic rings. The molecule has 0 heterocycles. The largest absolute Gasteiger partial charge is 0.396 e. The van der Waals surface area contributed by atoms with E-state index in [4.69, 9.17) is 10.5 Å². The van der Waals surface area contributed by atoms with Gasteiger partial charge in [0.05, 0.1) is 0 Å². The molecule has 74 valence electrons. The smallest absolute Gasteiger partial charge is 0.129 e. The molecule has 0 atom stereocenters. The van der Waals surface area contributed by atoms with Crippen molar-refractivity contribution in [2.24, 2.45) is 4.99 Å². The summed E-state index contributed by atoms with van der Waals surface area (Å²) in [6.45, 7) is 7.74. The van der Waals surface area contributed by atoms with Crippen LogP contribution in [0.3, 0.4) is 0 Å². The first-order chi connectivity index (χ1) is 6.13. The first-order valence-electron chi connectivity index (χ1n) is 4.21. The van der Waals surface area contributed by atoms with Gasteiger partial charge in [-0.05, 0) is 27.0 Å². The highest BCUT2D eigenvalue weighted by Gasteiger charge is 2.00. The monoisotopic (exact) mass is 183 g/mol. The van der Waals surface area contributed by atoms with Gasteiger partial charge in [0.1, 0.15) is 5.82 Å². The normalized spacial score (nSPS) is 11.9. The molecule has 0 aromatic heterocycles. The predicted molar refractivity (Wildman–Crippen MR) is 55.4 cm³/mol. The number of aliphatic hydroxyl groups is 1. The van der Waals surface area contributed by atoms with Crippen molar-refractivity contribution in [2.75, 3.05) is 13.2 Å². The van der Waals surface area contributed by atoms with Gasteiger partial charge in [0.25, 0.3) is 0 Å². The van der Waals surface area contributed by atoms with Crippen molar-refractivity contribution in [3.8, 4) is 0 Å². The summed E-state index contributed by atoms with van der Waals surface area (Å²) in [5, 5.41) is 18.9. The molecule has 0 aromatic carbocycles. The van der Waals surface area contributed by atoms with Crippen LogP contribution in [0.2, 0.25) is 0 Å². The number of nitrogens with zero attached hydrogens (tertiary/aromatic N) is 1. The molecule has 0 fully saturated rings. The van der Waals surface area contributed by atoms with Gasteiger partial charge < -0.3 is 15.8 Å². The summed E-state index contributed by atoms with van der Waals surface area (Å²) < 4.78 is 0. The van der Waals surface area contributed by atoms with Gasteiger partial charge in [-0.15, -0.1) is 0 Å². The molecule has 13 heavy (non-hydrogen) atoms. The first kappa shape index (κ1) is 11.8. The molecule has 0 unspecified atom stereocenters.